The summed E-state index contributed by atoms with van der Waals surface area (Å²) in [7, 11) is -6.02. The molecule has 0 aliphatic rings. The van der Waals surface area contributed by atoms with E-state index in [2.05, 4.69) is 0 Å². The van der Waals surface area contributed by atoms with E-state index < -0.39 is 25.2 Å². The Balaban J connectivity index is 3.14. The smallest absolute Gasteiger partial charge is 0.299 e. The molecular formula is C17H28O4S2. The van der Waals surface area contributed by atoms with Crippen molar-refractivity contribution in [3.05, 3.63) is 29.8 Å². The predicted molar refractivity (Wildman–Crippen MR) is 97.5 cm³/mol. The maximum atomic E-state index is 12.6. The van der Waals surface area contributed by atoms with Crippen LogP contribution in [0, 0.1) is 6.92 Å². The number of benzene rings is 1. The van der Waals surface area contributed by atoms with Crippen molar-refractivity contribution >= 4 is 26.2 Å². The molecule has 0 aliphatic heterocycles. The van der Waals surface area contributed by atoms with E-state index in [-0.39, 0.29) is 16.4 Å². The van der Waals surface area contributed by atoms with Crippen molar-refractivity contribution in [2.24, 2.45) is 0 Å². The first-order chi connectivity index (χ1) is 10.4. The Morgan fingerprint density at radius 3 is 2.09 bits per heavy atom. The fourth-order valence-corrected chi connectivity index (χ4v) is 6.51. The van der Waals surface area contributed by atoms with Crippen molar-refractivity contribution in [2.45, 2.75) is 57.1 Å². The Bertz CT molecular complexity index is 642. The average molecular weight is 361 g/mol. The van der Waals surface area contributed by atoms with Crippen LogP contribution in [-0.2, 0) is 18.5 Å². The van der Waals surface area contributed by atoms with Crippen molar-refractivity contribution in [3.8, 4) is 0 Å². The second-order valence-corrected chi connectivity index (χ2v) is 12.3. The standard InChI is InChI=1S/C17H28O4S2/c1-7-8-15(18)13-22(6,17(3,4)5)21-23(19,20)16-11-9-14(2)10-12-16/h9-12H,7-8,13H2,1-6H3. The van der Waals surface area contributed by atoms with Gasteiger partial charge in [0.2, 0.25) is 0 Å². The van der Waals surface area contributed by atoms with Crippen LogP contribution in [0.2, 0.25) is 0 Å². The molecule has 1 aromatic rings. The number of ketones is 1. The van der Waals surface area contributed by atoms with Gasteiger partial charge in [0.05, 0.1) is 10.6 Å². The Kier molecular flexibility index (Phi) is 6.47. The average Bonchev–Trinajstić information content (AvgIpc) is 2.37. The lowest BCUT2D eigenvalue weighted by molar-refractivity contribution is -0.116. The minimum absolute atomic E-state index is 0.0547. The summed E-state index contributed by atoms with van der Waals surface area (Å²) in [5.74, 6) is 0.217. The van der Waals surface area contributed by atoms with Crippen LogP contribution in [0.3, 0.4) is 0 Å². The Morgan fingerprint density at radius 2 is 1.65 bits per heavy atom. The lowest BCUT2D eigenvalue weighted by Crippen LogP contribution is -2.33. The van der Waals surface area contributed by atoms with E-state index in [1.807, 2.05) is 34.6 Å². The fourth-order valence-electron chi connectivity index (χ4n) is 1.94. The molecule has 4 nitrogen and oxygen atoms in total. The van der Waals surface area contributed by atoms with Gasteiger partial charge in [0, 0.05) is 11.2 Å². The first-order valence-corrected chi connectivity index (χ1v) is 11.3. The van der Waals surface area contributed by atoms with Gasteiger partial charge in [-0.3, -0.25) is 4.79 Å². The minimum Gasteiger partial charge on any atom is -0.299 e. The summed E-state index contributed by atoms with van der Waals surface area (Å²) in [6.45, 7) is 9.60. The summed E-state index contributed by atoms with van der Waals surface area (Å²) in [6, 6.07) is 6.56. The van der Waals surface area contributed by atoms with Crippen molar-refractivity contribution in [2.75, 3.05) is 12.0 Å². The zero-order chi connectivity index (χ0) is 17.9. The molecule has 6 heteroatoms. The van der Waals surface area contributed by atoms with Crippen LogP contribution in [0.25, 0.3) is 0 Å². The van der Waals surface area contributed by atoms with Crippen LogP contribution in [0.5, 0.6) is 0 Å². The molecular weight excluding hydrogens is 332 g/mol. The van der Waals surface area contributed by atoms with Crippen LogP contribution < -0.4 is 0 Å². The molecule has 1 aromatic carbocycles. The molecule has 0 aliphatic carbocycles. The van der Waals surface area contributed by atoms with Gasteiger partial charge in [-0.25, -0.2) is 3.63 Å². The molecule has 0 radical (unpaired) electrons. The molecule has 0 saturated heterocycles. The van der Waals surface area contributed by atoms with E-state index >= 15 is 0 Å². The third kappa shape index (κ3) is 5.33. The summed E-state index contributed by atoms with van der Waals surface area (Å²) < 4.78 is 30.5. The van der Waals surface area contributed by atoms with Crippen LogP contribution in [0.1, 0.15) is 46.1 Å². The Labute approximate surface area is 142 Å². The molecule has 23 heavy (non-hydrogen) atoms. The van der Waals surface area contributed by atoms with Crippen LogP contribution in [0.15, 0.2) is 29.2 Å². The van der Waals surface area contributed by atoms with Crippen molar-refractivity contribution < 1.29 is 16.8 Å². The molecule has 0 fully saturated rings. The summed E-state index contributed by atoms with van der Waals surface area (Å²) in [4.78, 5) is 12.3. The van der Waals surface area contributed by atoms with Gasteiger partial charge in [-0.05, 0) is 31.7 Å². The van der Waals surface area contributed by atoms with Crippen molar-refractivity contribution in [3.63, 3.8) is 0 Å². The number of carbonyl (C=O) groups excluding carboxylic acids is 1. The second kappa shape index (κ2) is 7.36. The lowest BCUT2D eigenvalue weighted by Gasteiger charge is -2.45. The van der Waals surface area contributed by atoms with E-state index in [1.54, 1.807) is 30.5 Å². The van der Waals surface area contributed by atoms with Crippen LogP contribution >= 0.6 is 10.3 Å². The summed E-state index contributed by atoms with van der Waals surface area (Å²) in [5.41, 5.74) is 0.980. The van der Waals surface area contributed by atoms with E-state index in [0.29, 0.717) is 6.42 Å². The summed E-state index contributed by atoms with van der Waals surface area (Å²) in [5, 5.41) is 0. The van der Waals surface area contributed by atoms with Gasteiger partial charge in [0.1, 0.15) is 5.78 Å². The number of hydrogen-bond acceptors (Lipinski definition) is 4. The third-order valence-corrected chi connectivity index (χ3v) is 10.0. The molecule has 132 valence electrons. The van der Waals surface area contributed by atoms with Gasteiger partial charge in [0.15, 0.2) is 0 Å². The fraction of sp³-hybridized carbons (Fsp3) is 0.588. The highest BCUT2D eigenvalue weighted by atomic mass is 32.3. The first kappa shape index (κ1) is 20.2. The zero-order valence-electron chi connectivity index (χ0n) is 14.9. The van der Waals surface area contributed by atoms with Crippen LogP contribution in [-0.4, -0.2) is 31.0 Å². The van der Waals surface area contributed by atoms with Crippen molar-refractivity contribution in [1.82, 2.24) is 0 Å². The normalized spacial score (nSPS) is 16.6. The monoisotopic (exact) mass is 360 g/mol. The lowest BCUT2D eigenvalue weighted by atomic mass is 10.2. The predicted octanol–water partition coefficient (Wildman–Crippen LogP) is 4.22. The van der Waals surface area contributed by atoms with Gasteiger partial charge < -0.3 is 0 Å². The molecule has 1 rings (SSSR count). The van der Waals surface area contributed by atoms with Gasteiger partial charge >= 0.3 is 10.1 Å². The third-order valence-electron chi connectivity index (χ3n) is 3.81. The summed E-state index contributed by atoms with van der Waals surface area (Å²) in [6.07, 6.45) is 2.99. The topological polar surface area (TPSA) is 60.4 Å². The molecule has 0 N–H and O–H groups in total. The van der Waals surface area contributed by atoms with Gasteiger partial charge in [-0.1, -0.05) is 45.4 Å². The maximum absolute atomic E-state index is 12.6. The Morgan fingerprint density at radius 1 is 1.13 bits per heavy atom. The minimum atomic E-state index is -3.89. The molecule has 0 heterocycles. The molecule has 0 spiro atoms. The van der Waals surface area contributed by atoms with Gasteiger partial charge in [0.25, 0.3) is 0 Å². The quantitative estimate of drug-likeness (QED) is 0.730. The van der Waals surface area contributed by atoms with E-state index in [1.165, 1.54) is 0 Å². The molecule has 0 bridgehead atoms. The number of hydrogen-bond donors (Lipinski definition) is 0. The highest BCUT2D eigenvalue weighted by molar-refractivity contribution is 8.33. The van der Waals surface area contributed by atoms with E-state index in [4.69, 9.17) is 3.63 Å². The summed E-state index contributed by atoms with van der Waals surface area (Å²) >= 11 is 0. The van der Waals surface area contributed by atoms with Gasteiger partial charge in [-0.15, -0.1) is 10.3 Å². The molecule has 0 aromatic heterocycles. The number of aryl methyl sites for hydroxylation is 1. The molecule has 0 amide bonds. The number of Topliss-reactive ketones (excluding diaryl/α,β-unsaturated/α-hetero) is 1. The zero-order valence-corrected chi connectivity index (χ0v) is 16.5. The molecule has 0 saturated carbocycles. The van der Waals surface area contributed by atoms with E-state index in [0.717, 1.165) is 12.0 Å². The molecule has 1 atom stereocenters. The van der Waals surface area contributed by atoms with E-state index in [9.17, 15) is 13.2 Å². The maximum Gasteiger partial charge on any atom is 0.306 e. The molecule has 1 unspecified atom stereocenters. The van der Waals surface area contributed by atoms with Gasteiger partial charge in [-0.2, -0.15) is 8.42 Å². The van der Waals surface area contributed by atoms with Crippen molar-refractivity contribution in [1.29, 1.82) is 0 Å². The Hall–Kier alpha value is -0.850. The number of rotatable bonds is 7. The van der Waals surface area contributed by atoms with Crippen LogP contribution in [0.4, 0.5) is 0 Å². The number of carbonyl (C=O) groups is 1. The first-order valence-electron chi connectivity index (χ1n) is 7.71. The SMILES string of the molecule is CCCC(=O)CS(C)(OS(=O)(=O)c1ccc(C)cc1)C(C)(C)C. The highest BCUT2D eigenvalue weighted by Crippen LogP contribution is 2.58. The largest absolute Gasteiger partial charge is 0.306 e. The second-order valence-electron chi connectivity index (χ2n) is 6.89. The highest BCUT2D eigenvalue weighted by Gasteiger charge is 2.39.